The predicted octanol–water partition coefficient (Wildman–Crippen LogP) is 3.47. The number of nitrogens with one attached hydrogen (secondary N) is 1. The van der Waals surface area contributed by atoms with Crippen molar-refractivity contribution in [3.63, 3.8) is 0 Å². The summed E-state index contributed by atoms with van der Waals surface area (Å²) < 4.78 is 27.4. The topological polar surface area (TPSA) is 79.4 Å². The molecule has 29 heavy (non-hydrogen) atoms. The van der Waals surface area contributed by atoms with Crippen LogP contribution < -0.4 is 5.32 Å². The second-order valence-electron chi connectivity index (χ2n) is 8.55. The van der Waals surface area contributed by atoms with Crippen LogP contribution in [0.3, 0.4) is 0 Å². The average molecular weight is 436 g/mol. The first kappa shape index (κ1) is 21.9. The molecule has 1 amide bonds. The molecule has 0 saturated carbocycles. The highest BCUT2D eigenvalue weighted by molar-refractivity contribution is 7.89. The number of sulfonamides is 1. The third-order valence-corrected chi connectivity index (χ3v) is 8.14. The van der Waals surface area contributed by atoms with E-state index in [1.54, 1.807) is 12.1 Å². The van der Waals surface area contributed by atoms with Crippen LogP contribution >= 0.6 is 11.3 Å². The molecule has 8 heteroatoms. The Morgan fingerprint density at radius 1 is 1.21 bits per heavy atom. The summed E-state index contributed by atoms with van der Waals surface area (Å²) in [7, 11) is -3.53. The maximum atomic E-state index is 13.0. The summed E-state index contributed by atoms with van der Waals surface area (Å²) in [6, 6.07) is 7.14. The SMILES string of the molecule is Cc1csc(CNC(=O)C2CCN(S(=O)(=O)c3ccc(C(C)(C)C)cc3)CC2)n1. The lowest BCUT2D eigenvalue weighted by molar-refractivity contribution is -0.126. The number of piperidine rings is 1. The highest BCUT2D eigenvalue weighted by atomic mass is 32.2. The van der Waals surface area contributed by atoms with Gasteiger partial charge in [-0.05, 0) is 42.9 Å². The number of benzene rings is 1. The molecule has 0 aliphatic carbocycles. The molecule has 0 atom stereocenters. The van der Waals surface area contributed by atoms with Crippen molar-refractivity contribution in [2.24, 2.45) is 5.92 Å². The van der Waals surface area contributed by atoms with Crippen LogP contribution in [0.5, 0.6) is 0 Å². The Bertz CT molecular complexity index is 952. The molecule has 0 bridgehead atoms. The molecule has 1 fully saturated rings. The molecule has 0 unspecified atom stereocenters. The lowest BCUT2D eigenvalue weighted by Crippen LogP contribution is -2.42. The molecule has 158 valence electrons. The first-order valence-electron chi connectivity index (χ1n) is 9.87. The summed E-state index contributed by atoms with van der Waals surface area (Å²) in [4.78, 5) is 17.1. The van der Waals surface area contributed by atoms with Gasteiger partial charge in [-0.25, -0.2) is 13.4 Å². The van der Waals surface area contributed by atoms with Crippen molar-refractivity contribution in [2.45, 2.75) is 57.4 Å². The van der Waals surface area contributed by atoms with Crippen LogP contribution in [0, 0.1) is 12.8 Å². The molecular weight excluding hydrogens is 406 g/mol. The van der Waals surface area contributed by atoms with Gasteiger partial charge in [-0.2, -0.15) is 4.31 Å². The molecule has 0 spiro atoms. The summed E-state index contributed by atoms with van der Waals surface area (Å²) in [5.74, 6) is -0.185. The van der Waals surface area contributed by atoms with Gasteiger partial charge in [0.1, 0.15) is 5.01 Å². The van der Waals surface area contributed by atoms with Gasteiger partial charge < -0.3 is 5.32 Å². The van der Waals surface area contributed by atoms with E-state index < -0.39 is 10.0 Å². The Labute approximate surface area is 177 Å². The number of carbonyl (C=O) groups excluding carboxylic acids is 1. The van der Waals surface area contributed by atoms with E-state index in [1.807, 2.05) is 24.4 Å². The number of thiazole rings is 1. The summed E-state index contributed by atoms with van der Waals surface area (Å²) in [5, 5.41) is 5.77. The normalized spacial score (nSPS) is 16.7. The van der Waals surface area contributed by atoms with Gasteiger partial charge in [0.2, 0.25) is 15.9 Å². The molecule has 3 rings (SSSR count). The Hall–Kier alpha value is -1.77. The number of aromatic nitrogens is 1. The van der Waals surface area contributed by atoms with Crippen molar-refractivity contribution in [1.29, 1.82) is 0 Å². The van der Waals surface area contributed by atoms with Crippen LogP contribution in [-0.2, 0) is 26.8 Å². The van der Waals surface area contributed by atoms with Crippen LogP contribution in [-0.4, -0.2) is 36.7 Å². The van der Waals surface area contributed by atoms with Crippen molar-refractivity contribution in [3.05, 3.63) is 45.9 Å². The average Bonchev–Trinajstić information content (AvgIpc) is 3.11. The van der Waals surface area contributed by atoms with Crippen LogP contribution in [0.1, 0.15) is 49.9 Å². The minimum atomic E-state index is -3.53. The van der Waals surface area contributed by atoms with E-state index in [4.69, 9.17) is 0 Å². The highest BCUT2D eigenvalue weighted by Crippen LogP contribution is 2.27. The van der Waals surface area contributed by atoms with Gasteiger partial charge in [-0.3, -0.25) is 4.79 Å². The van der Waals surface area contributed by atoms with Gasteiger partial charge >= 0.3 is 0 Å². The number of nitrogens with zero attached hydrogens (tertiary/aromatic N) is 2. The minimum absolute atomic E-state index is 0.0225. The van der Waals surface area contributed by atoms with E-state index in [-0.39, 0.29) is 17.2 Å². The first-order chi connectivity index (χ1) is 13.6. The second-order valence-corrected chi connectivity index (χ2v) is 11.4. The van der Waals surface area contributed by atoms with Crippen LogP contribution in [0.15, 0.2) is 34.5 Å². The number of hydrogen-bond acceptors (Lipinski definition) is 5. The number of rotatable bonds is 5. The van der Waals surface area contributed by atoms with Gasteiger partial charge in [0.15, 0.2) is 0 Å². The maximum absolute atomic E-state index is 13.0. The van der Waals surface area contributed by atoms with Crippen LogP contribution in [0.2, 0.25) is 0 Å². The molecule has 1 N–H and O–H groups in total. The van der Waals surface area contributed by atoms with Gasteiger partial charge in [0.25, 0.3) is 0 Å². The zero-order valence-corrected chi connectivity index (χ0v) is 19.1. The monoisotopic (exact) mass is 435 g/mol. The second kappa shape index (κ2) is 8.53. The van der Waals surface area contributed by atoms with Crippen molar-refractivity contribution in [2.75, 3.05) is 13.1 Å². The van der Waals surface area contributed by atoms with Gasteiger partial charge in [-0.1, -0.05) is 32.9 Å². The smallest absolute Gasteiger partial charge is 0.243 e. The lowest BCUT2D eigenvalue weighted by Gasteiger charge is -2.30. The predicted molar refractivity (Wildman–Crippen MR) is 115 cm³/mol. The van der Waals surface area contributed by atoms with E-state index in [1.165, 1.54) is 15.6 Å². The molecule has 1 aliphatic rings. The molecule has 1 saturated heterocycles. The van der Waals surface area contributed by atoms with Crippen molar-refractivity contribution < 1.29 is 13.2 Å². The fraction of sp³-hybridized carbons (Fsp3) is 0.524. The highest BCUT2D eigenvalue weighted by Gasteiger charge is 2.32. The van der Waals surface area contributed by atoms with E-state index in [2.05, 4.69) is 31.1 Å². The standard InChI is InChI=1S/C21H29N3O3S2/c1-15-14-28-19(23-15)13-22-20(25)16-9-11-24(12-10-16)29(26,27)18-7-5-17(6-8-18)21(2,3)4/h5-8,14,16H,9-13H2,1-4H3,(H,22,25). The molecule has 2 aromatic rings. The molecule has 1 aliphatic heterocycles. The van der Waals surface area contributed by atoms with Gasteiger partial charge in [0.05, 0.1) is 11.4 Å². The Balaban J connectivity index is 1.57. The van der Waals surface area contributed by atoms with Crippen molar-refractivity contribution in [3.8, 4) is 0 Å². The minimum Gasteiger partial charge on any atom is -0.349 e. The number of amides is 1. The summed E-state index contributed by atoms with van der Waals surface area (Å²) in [6.45, 7) is 9.37. The quantitative estimate of drug-likeness (QED) is 0.780. The van der Waals surface area contributed by atoms with Crippen LogP contribution in [0.4, 0.5) is 0 Å². The lowest BCUT2D eigenvalue weighted by atomic mass is 9.87. The van der Waals surface area contributed by atoms with E-state index >= 15 is 0 Å². The third kappa shape index (κ3) is 5.24. The van der Waals surface area contributed by atoms with Gasteiger partial charge in [-0.15, -0.1) is 11.3 Å². The third-order valence-electron chi connectivity index (χ3n) is 5.26. The van der Waals surface area contributed by atoms with E-state index in [9.17, 15) is 13.2 Å². The van der Waals surface area contributed by atoms with Crippen molar-refractivity contribution >= 4 is 27.3 Å². The summed E-state index contributed by atoms with van der Waals surface area (Å²) >= 11 is 1.53. The molecule has 2 heterocycles. The fourth-order valence-electron chi connectivity index (χ4n) is 3.43. The summed E-state index contributed by atoms with van der Waals surface area (Å²) in [6.07, 6.45) is 1.06. The first-order valence-corrected chi connectivity index (χ1v) is 12.2. The van der Waals surface area contributed by atoms with E-state index in [0.717, 1.165) is 16.3 Å². The van der Waals surface area contributed by atoms with Gasteiger partial charge in [0, 0.05) is 30.1 Å². The largest absolute Gasteiger partial charge is 0.349 e. The molecule has 1 aromatic heterocycles. The zero-order chi connectivity index (χ0) is 21.2. The summed E-state index contributed by atoms with van der Waals surface area (Å²) in [5.41, 5.74) is 2.03. The Morgan fingerprint density at radius 2 is 1.83 bits per heavy atom. The molecule has 1 aromatic carbocycles. The number of aryl methyl sites for hydroxylation is 1. The van der Waals surface area contributed by atoms with Crippen molar-refractivity contribution in [1.82, 2.24) is 14.6 Å². The zero-order valence-electron chi connectivity index (χ0n) is 17.4. The maximum Gasteiger partial charge on any atom is 0.243 e. The number of hydrogen-bond donors (Lipinski definition) is 1. The fourth-order valence-corrected chi connectivity index (χ4v) is 5.61. The Kier molecular flexibility index (Phi) is 6.45. The number of carbonyl (C=O) groups is 1. The Morgan fingerprint density at radius 3 is 2.34 bits per heavy atom. The molecular formula is C21H29N3O3S2. The van der Waals surface area contributed by atoms with Crippen LogP contribution in [0.25, 0.3) is 0 Å². The molecule has 0 radical (unpaired) electrons. The van der Waals surface area contributed by atoms with E-state index in [0.29, 0.717) is 37.4 Å². The molecule has 6 nitrogen and oxygen atoms in total.